The average Bonchev–Trinajstić information content (AvgIpc) is 3.07. The van der Waals surface area contributed by atoms with E-state index in [1.807, 2.05) is 22.6 Å². The monoisotopic (exact) mass is 433 g/mol. The van der Waals surface area contributed by atoms with Gasteiger partial charge >= 0.3 is 0 Å². The zero-order valence-corrected chi connectivity index (χ0v) is 15.2. The Balaban J connectivity index is 2.36. The van der Waals surface area contributed by atoms with Gasteiger partial charge in [0, 0.05) is 20.7 Å². The van der Waals surface area contributed by atoms with Crippen molar-refractivity contribution in [1.82, 2.24) is 14.7 Å². The number of carbonyl (C=O) groups is 2. The van der Waals surface area contributed by atoms with Crippen molar-refractivity contribution in [2.24, 2.45) is 5.73 Å². The molecule has 2 amide bonds. The van der Waals surface area contributed by atoms with Crippen LogP contribution >= 0.6 is 22.6 Å². The number of nitrogens with two attached hydrogens (primary N) is 1. The summed E-state index contributed by atoms with van der Waals surface area (Å²) >= 11 is 1.99. The van der Waals surface area contributed by atoms with Crippen LogP contribution < -0.4 is 11.1 Å². The van der Waals surface area contributed by atoms with Crippen LogP contribution in [0.4, 0.5) is 5.82 Å². The lowest BCUT2D eigenvalue weighted by atomic mass is 10.2. The molecule has 9 heteroatoms. The number of anilines is 1. The predicted octanol–water partition coefficient (Wildman–Crippen LogP) is 0.603. The van der Waals surface area contributed by atoms with Crippen LogP contribution in [-0.2, 0) is 9.53 Å². The molecule has 1 fully saturated rings. The molecule has 0 bridgehead atoms. The Hall–Kier alpha value is -1.62. The minimum Gasteiger partial charge on any atom is -0.383 e. The Kier molecular flexibility index (Phi) is 5.63. The summed E-state index contributed by atoms with van der Waals surface area (Å²) in [4.78, 5) is 25.4. The second kappa shape index (κ2) is 7.30. The number of aromatic nitrogens is 2. The first-order valence-electron chi connectivity index (χ1n) is 7.12. The summed E-state index contributed by atoms with van der Waals surface area (Å²) in [7, 11) is 3.31. The van der Waals surface area contributed by atoms with Crippen molar-refractivity contribution >= 4 is 40.2 Å². The molecule has 0 spiro atoms. The summed E-state index contributed by atoms with van der Waals surface area (Å²) in [6.45, 7) is 4.46. The number of hydrogen-bond acceptors (Lipinski definition) is 5. The van der Waals surface area contributed by atoms with E-state index in [-0.39, 0.29) is 18.0 Å². The average molecular weight is 433 g/mol. The molecule has 1 aliphatic rings. The van der Waals surface area contributed by atoms with Gasteiger partial charge in [-0.3, -0.25) is 9.59 Å². The van der Waals surface area contributed by atoms with Gasteiger partial charge in [0.2, 0.25) is 5.91 Å². The van der Waals surface area contributed by atoms with E-state index >= 15 is 0 Å². The van der Waals surface area contributed by atoms with E-state index in [4.69, 9.17) is 10.5 Å². The quantitative estimate of drug-likeness (QED) is 0.506. The molecule has 3 N–H and O–H groups in total. The molecule has 0 radical (unpaired) electrons. The fourth-order valence-corrected chi connectivity index (χ4v) is 3.69. The Labute approximate surface area is 148 Å². The van der Waals surface area contributed by atoms with Gasteiger partial charge < -0.3 is 20.7 Å². The third-order valence-corrected chi connectivity index (χ3v) is 4.66. The molecule has 23 heavy (non-hydrogen) atoms. The van der Waals surface area contributed by atoms with E-state index in [2.05, 4.69) is 17.0 Å². The van der Waals surface area contributed by atoms with Crippen LogP contribution in [0.3, 0.4) is 0 Å². The number of likely N-dealkylation sites (tertiary alicyclic amines) is 1. The maximum Gasteiger partial charge on any atom is 0.255 e. The summed E-state index contributed by atoms with van der Waals surface area (Å²) in [6, 6.07) is -0.123. The molecule has 0 saturated carbocycles. The van der Waals surface area contributed by atoms with E-state index in [9.17, 15) is 9.59 Å². The molecular weight excluding hydrogens is 413 g/mol. The van der Waals surface area contributed by atoms with Crippen molar-refractivity contribution in [3.05, 3.63) is 21.9 Å². The second-order valence-corrected chi connectivity index (χ2v) is 6.29. The van der Waals surface area contributed by atoms with Gasteiger partial charge in [0.15, 0.2) is 0 Å². The molecule has 2 rings (SSSR count). The summed E-state index contributed by atoms with van der Waals surface area (Å²) < 4.78 is 7.48. The molecule has 1 aromatic heterocycles. The lowest BCUT2D eigenvalue weighted by Gasteiger charge is -2.22. The summed E-state index contributed by atoms with van der Waals surface area (Å²) in [5, 5.41) is 7.42. The van der Waals surface area contributed by atoms with Crippen LogP contribution in [0.15, 0.2) is 12.7 Å². The number of halogens is 1. The van der Waals surface area contributed by atoms with Gasteiger partial charge in [0.25, 0.3) is 5.91 Å². The lowest BCUT2D eigenvalue weighted by molar-refractivity contribution is -0.127. The highest BCUT2D eigenvalue weighted by atomic mass is 127. The fourth-order valence-electron chi connectivity index (χ4n) is 2.94. The van der Waals surface area contributed by atoms with E-state index in [0.717, 1.165) is 0 Å². The van der Waals surface area contributed by atoms with Crippen molar-refractivity contribution in [3.8, 4) is 0 Å². The van der Waals surface area contributed by atoms with Crippen molar-refractivity contribution in [2.75, 3.05) is 32.6 Å². The van der Waals surface area contributed by atoms with Crippen LogP contribution in [0.1, 0.15) is 22.8 Å². The molecule has 0 aliphatic carbocycles. The van der Waals surface area contributed by atoms with Crippen molar-refractivity contribution < 1.29 is 14.3 Å². The molecule has 1 saturated heterocycles. The number of primary amides is 1. The third-order valence-electron chi connectivity index (χ3n) is 3.91. The lowest BCUT2D eigenvalue weighted by Crippen LogP contribution is -2.37. The number of nitrogens with one attached hydrogen (secondary N) is 1. The van der Waals surface area contributed by atoms with Crippen molar-refractivity contribution in [2.45, 2.75) is 18.5 Å². The van der Waals surface area contributed by atoms with Crippen molar-refractivity contribution in [3.63, 3.8) is 0 Å². The summed E-state index contributed by atoms with van der Waals surface area (Å²) in [5.41, 5.74) is 5.81. The van der Waals surface area contributed by atoms with Gasteiger partial charge in [0.05, 0.1) is 18.7 Å². The molecule has 126 valence electrons. The van der Waals surface area contributed by atoms with E-state index in [1.165, 1.54) is 6.08 Å². The predicted molar refractivity (Wildman–Crippen MR) is 94.2 cm³/mol. The minimum absolute atomic E-state index is 0.0564. The summed E-state index contributed by atoms with van der Waals surface area (Å²) in [6.07, 6.45) is 1.98. The van der Waals surface area contributed by atoms with Gasteiger partial charge in [-0.05, 0) is 35.1 Å². The highest BCUT2D eigenvalue weighted by molar-refractivity contribution is 14.1. The standard InChI is InChI=1S/C14H20IN5O3/c1-4-10(21)19-6-8(5-9(19)7-23-3)20-14(17-2)11(13(16)22)12(15)18-20/h4,8-9,17H,1,5-7H2,2-3H3,(H2,16,22)/t8-,9-/m0/s1. The normalized spacial score (nSPS) is 20.6. The maximum atomic E-state index is 12.0. The molecule has 8 nitrogen and oxygen atoms in total. The molecule has 0 unspecified atom stereocenters. The van der Waals surface area contributed by atoms with Crippen LogP contribution in [0.5, 0.6) is 0 Å². The first-order chi connectivity index (χ1) is 10.9. The Morgan fingerprint density at radius 1 is 1.61 bits per heavy atom. The zero-order valence-electron chi connectivity index (χ0n) is 13.1. The van der Waals surface area contributed by atoms with Crippen LogP contribution in [-0.4, -0.2) is 59.8 Å². The fraction of sp³-hybridized carbons (Fsp3) is 0.500. The van der Waals surface area contributed by atoms with Gasteiger partial charge in [-0.25, -0.2) is 4.68 Å². The van der Waals surface area contributed by atoms with Crippen LogP contribution in [0.2, 0.25) is 0 Å². The number of methoxy groups -OCH3 is 1. The molecule has 1 aromatic rings. The number of carbonyl (C=O) groups excluding carboxylic acids is 2. The highest BCUT2D eigenvalue weighted by Gasteiger charge is 2.37. The summed E-state index contributed by atoms with van der Waals surface area (Å²) in [5.74, 6) is -0.107. The zero-order chi connectivity index (χ0) is 17.1. The molecule has 2 atom stereocenters. The highest BCUT2D eigenvalue weighted by Crippen LogP contribution is 2.32. The largest absolute Gasteiger partial charge is 0.383 e. The Morgan fingerprint density at radius 3 is 2.83 bits per heavy atom. The molecule has 2 heterocycles. The van der Waals surface area contributed by atoms with Crippen LogP contribution in [0.25, 0.3) is 0 Å². The number of ether oxygens (including phenoxy) is 1. The third kappa shape index (κ3) is 3.34. The minimum atomic E-state index is -0.532. The topological polar surface area (TPSA) is 102 Å². The van der Waals surface area contributed by atoms with E-state index in [1.54, 1.807) is 23.7 Å². The molecular formula is C14H20IN5O3. The van der Waals surface area contributed by atoms with E-state index in [0.29, 0.717) is 34.7 Å². The van der Waals surface area contributed by atoms with E-state index < -0.39 is 5.91 Å². The second-order valence-electron chi connectivity index (χ2n) is 5.27. The molecule has 1 aliphatic heterocycles. The number of rotatable bonds is 6. The smallest absolute Gasteiger partial charge is 0.255 e. The number of hydrogen-bond donors (Lipinski definition) is 2. The maximum absolute atomic E-state index is 12.0. The van der Waals surface area contributed by atoms with Gasteiger partial charge in [0.1, 0.15) is 15.1 Å². The Bertz CT molecular complexity index is 630. The van der Waals surface area contributed by atoms with Crippen LogP contribution in [0, 0.1) is 3.70 Å². The number of amides is 2. The molecule has 0 aromatic carbocycles. The van der Waals surface area contributed by atoms with Gasteiger partial charge in [-0.15, -0.1) is 0 Å². The first-order valence-corrected chi connectivity index (χ1v) is 8.19. The SMILES string of the molecule is C=CC(=O)N1C[C@@H](n2nc(I)c(C(N)=O)c2NC)C[C@H]1COC. The van der Waals surface area contributed by atoms with Gasteiger partial charge in [-0.2, -0.15) is 5.10 Å². The number of nitrogens with zero attached hydrogens (tertiary/aromatic N) is 3. The van der Waals surface area contributed by atoms with Gasteiger partial charge in [-0.1, -0.05) is 6.58 Å². The first kappa shape index (κ1) is 17.7. The van der Waals surface area contributed by atoms with Crippen molar-refractivity contribution in [1.29, 1.82) is 0 Å². The Morgan fingerprint density at radius 2 is 2.30 bits per heavy atom.